The van der Waals surface area contributed by atoms with Gasteiger partial charge in [-0.2, -0.15) is 114 Å². The maximum atomic E-state index is 14.2. The number of fused-ring (bicyclic) bond motifs is 1. The summed E-state index contributed by atoms with van der Waals surface area (Å²) in [6, 6.07) is 0. The monoisotopic (exact) mass is 788 g/mol. The van der Waals surface area contributed by atoms with Gasteiger partial charge in [0.15, 0.2) is 0 Å². The van der Waals surface area contributed by atoms with Crippen molar-refractivity contribution in [3.05, 3.63) is 0 Å². The van der Waals surface area contributed by atoms with Crippen molar-refractivity contribution in [1.82, 2.24) is 0 Å². The van der Waals surface area contributed by atoms with Crippen LogP contribution in [0.3, 0.4) is 0 Å². The van der Waals surface area contributed by atoms with Gasteiger partial charge in [-0.05, 0) is 6.92 Å². The van der Waals surface area contributed by atoms with E-state index in [0.29, 0.717) is 0 Å². The average Bonchev–Trinajstić information content (AvgIpc) is 2.88. The van der Waals surface area contributed by atoms with Crippen LogP contribution in [0.25, 0.3) is 0 Å². The third kappa shape index (κ3) is 3.29. The highest BCUT2D eigenvalue weighted by atomic mass is 19.4. The zero-order valence-corrected chi connectivity index (χ0v) is 21.0. The Kier molecular flexibility index (Phi) is 8.09. The second-order valence-corrected chi connectivity index (χ2v) is 10.2. The van der Waals surface area contributed by atoms with Crippen LogP contribution < -0.4 is 0 Å². The van der Waals surface area contributed by atoms with Crippen molar-refractivity contribution in [3.8, 4) is 0 Å². The summed E-state index contributed by atoms with van der Waals surface area (Å²) in [5.41, 5.74) is -23.6. The highest BCUT2D eigenvalue weighted by Crippen LogP contribution is 2.81. The lowest BCUT2D eigenvalue weighted by Gasteiger charge is -2.63. The van der Waals surface area contributed by atoms with Crippen LogP contribution in [0.5, 0.6) is 0 Å². The number of hydrogen-bond donors (Lipinski definition) is 1. The second kappa shape index (κ2) is 9.23. The van der Waals surface area contributed by atoms with E-state index in [1.807, 2.05) is 0 Å². The molecule has 286 valence electrons. The summed E-state index contributed by atoms with van der Waals surface area (Å²) >= 11 is 0. The van der Waals surface area contributed by atoms with Gasteiger partial charge in [0.05, 0.1) is 6.10 Å². The molecular formula is C18H5F29O. The van der Waals surface area contributed by atoms with Gasteiger partial charge in [-0.1, -0.05) is 0 Å². The van der Waals surface area contributed by atoms with Crippen LogP contribution in [-0.2, 0) is 0 Å². The SMILES string of the molecule is CC(O)C1(F)C(F)(F)C(F)(F)C(F)(F)C(F)(F)C1(F)F.FC1(F)C(F)(F)C(F)(F)C2(F)C(F)(F)C(F)(F)C(F)(F)C(F)(F)C2(F)C1(F)F. The minimum absolute atomic E-state index is 0.266. The molecule has 0 saturated heterocycles. The Morgan fingerprint density at radius 2 is 0.375 bits per heavy atom. The predicted octanol–water partition coefficient (Wildman–Crippen LogP) is 8.78. The normalized spacial score (nSPS) is 39.1. The Hall–Kier alpha value is -2.07. The fourth-order valence-electron chi connectivity index (χ4n) is 4.68. The first-order valence-corrected chi connectivity index (χ1v) is 10.9. The molecule has 3 rings (SSSR count). The summed E-state index contributed by atoms with van der Waals surface area (Å²) in [4.78, 5) is 0. The number of rotatable bonds is 1. The summed E-state index contributed by atoms with van der Waals surface area (Å²) in [6.45, 7) is -0.266. The molecule has 1 N–H and O–H groups in total. The molecular weight excluding hydrogens is 783 g/mol. The Balaban J connectivity index is 0.000000353. The van der Waals surface area contributed by atoms with Crippen LogP contribution in [0, 0.1) is 0 Å². The minimum atomic E-state index is -8.64. The zero-order valence-electron chi connectivity index (χ0n) is 21.0. The van der Waals surface area contributed by atoms with Gasteiger partial charge in [0.1, 0.15) is 0 Å². The van der Waals surface area contributed by atoms with Crippen molar-refractivity contribution in [2.24, 2.45) is 0 Å². The highest BCUT2D eigenvalue weighted by molar-refractivity contribution is 5.42. The van der Waals surface area contributed by atoms with Gasteiger partial charge in [-0.25, -0.2) is 13.2 Å². The van der Waals surface area contributed by atoms with E-state index in [1.165, 1.54) is 0 Å². The van der Waals surface area contributed by atoms with Gasteiger partial charge in [0, 0.05) is 0 Å². The molecule has 48 heavy (non-hydrogen) atoms. The smallest absolute Gasteiger partial charge is 0.384 e. The largest absolute Gasteiger partial charge is 0.390 e. The molecule has 0 aliphatic heterocycles. The molecule has 0 aromatic carbocycles. The molecule has 30 heteroatoms. The molecule has 3 aliphatic carbocycles. The number of aliphatic hydroxyl groups is 1. The molecule has 1 unspecified atom stereocenters. The van der Waals surface area contributed by atoms with Gasteiger partial charge in [-0.15, -0.1) is 0 Å². The summed E-state index contributed by atoms with van der Waals surface area (Å²) in [7, 11) is 0. The van der Waals surface area contributed by atoms with E-state index >= 15 is 0 Å². The molecule has 3 aliphatic rings. The third-order valence-electron chi connectivity index (χ3n) is 7.64. The summed E-state index contributed by atoms with van der Waals surface area (Å²) < 4.78 is 383. The van der Waals surface area contributed by atoms with Gasteiger partial charge >= 0.3 is 77.0 Å². The van der Waals surface area contributed by atoms with E-state index in [-0.39, 0.29) is 6.92 Å². The maximum absolute atomic E-state index is 14.2. The van der Waals surface area contributed by atoms with Crippen LogP contribution in [0.2, 0.25) is 0 Å². The van der Waals surface area contributed by atoms with Gasteiger partial charge in [-0.3, -0.25) is 0 Å². The van der Waals surface area contributed by atoms with Crippen LogP contribution >= 0.6 is 0 Å². The van der Waals surface area contributed by atoms with E-state index in [1.54, 1.807) is 0 Å². The average molecular weight is 788 g/mol. The Labute approximate surface area is 241 Å². The predicted molar refractivity (Wildman–Crippen MR) is 87.5 cm³/mol. The Morgan fingerprint density at radius 1 is 0.250 bits per heavy atom. The van der Waals surface area contributed by atoms with E-state index in [9.17, 15) is 127 Å². The molecule has 3 fully saturated rings. The number of aliphatic hydroxyl groups excluding tert-OH is 1. The molecule has 0 aromatic heterocycles. The summed E-state index contributed by atoms with van der Waals surface area (Å²) in [5, 5.41) is 8.50. The molecule has 1 nitrogen and oxygen atoms in total. The second-order valence-electron chi connectivity index (χ2n) is 10.2. The molecule has 0 heterocycles. The standard InChI is InChI=1S/C10F18.C8H5F11O/c11-1-2(12,5(17,18)9(25,26)7(21,22)3(1,13)14)6(19,20)10(27,28)8(23,24)4(1,15)16;1-2(20)3(9)4(10,11)6(14,15)8(18,19)7(16,17)5(3,12)13/h;2,20H,1H3. The van der Waals surface area contributed by atoms with Gasteiger partial charge in [0.25, 0.3) is 17.0 Å². The van der Waals surface area contributed by atoms with E-state index in [0.717, 1.165) is 0 Å². The number of hydrogen-bond acceptors (Lipinski definition) is 1. The van der Waals surface area contributed by atoms with Crippen molar-refractivity contribution in [3.63, 3.8) is 0 Å². The minimum Gasteiger partial charge on any atom is -0.390 e. The molecule has 0 spiro atoms. The fraction of sp³-hybridized carbons (Fsp3) is 1.00. The summed E-state index contributed by atoms with van der Waals surface area (Å²) in [6.07, 6.45) is -3.79. The maximum Gasteiger partial charge on any atom is 0.384 e. The molecule has 0 bridgehead atoms. The fourth-order valence-corrected chi connectivity index (χ4v) is 4.68. The van der Waals surface area contributed by atoms with Gasteiger partial charge in [0.2, 0.25) is 0 Å². The van der Waals surface area contributed by atoms with E-state index < -0.39 is 100 Å². The van der Waals surface area contributed by atoms with Crippen molar-refractivity contribution >= 4 is 0 Å². The van der Waals surface area contributed by atoms with Crippen LogP contribution in [0.4, 0.5) is 127 Å². The van der Waals surface area contributed by atoms with Crippen LogP contribution in [-0.4, -0.2) is 105 Å². The number of halogens is 29. The number of alkyl halides is 29. The van der Waals surface area contributed by atoms with E-state index in [4.69, 9.17) is 5.11 Å². The third-order valence-corrected chi connectivity index (χ3v) is 7.64. The molecule has 1 atom stereocenters. The van der Waals surface area contributed by atoms with Crippen molar-refractivity contribution in [1.29, 1.82) is 0 Å². The molecule has 3 saturated carbocycles. The lowest BCUT2D eigenvalue weighted by molar-refractivity contribution is -0.560. The quantitative estimate of drug-likeness (QED) is 0.264. The van der Waals surface area contributed by atoms with Crippen molar-refractivity contribution < 1.29 is 132 Å². The first-order valence-electron chi connectivity index (χ1n) is 10.9. The van der Waals surface area contributed by atoms with Gasteiger partial charge < -0.3 is 5.11 Å². The van der Waals surface area contributed by atoms with Crippen LogP contribution in [0.15, 0.2) is 0 Å². The molecule has 0 amide bonds. The molecule has 0 radical (unpaired) electrons. The first kappa shape index (κ1) is 42.1. The lowest BCUT2D eigenvalue weighted by atomic mass is 9.54. The first-order chi connectivity index (χ1) is 20.2. The Morgan fingerprint density at radius 3 is 0.521 bits per heavy atom. The topological polar surface area (TPSA) is 20.2 Å². The highest BCUT2D eigenvalue weighted by Gasteiger charge is 3.15. The summed E-state index contributed by atoms with van der Waals surface area (Å²) in [5.74, 6) is -102. The zero-order chi connectivity index (χ0) is 39.6. The molecule has 0 aromatic rings. The van der Waals surface area contributed by atoms with E-state index in [2.05, 4.69) is 0 Å². The van der Waals surface area contributed by atoms with Crippen molar-refractivity contribution in [2.75, 3.05) is 0 Å². The Bertz CT molecular complexity index is 1160. The van der Waals surface area contributed by atoms with Crippen molar-refractivity contribution in [2.45, 2.75) is 107 Å². The lowest BCUT2D eigenvalue weighted by Crippen LogP contribution is -2.98. The van der Waals surface area contributed by atoms with Crippen LogP contribution in [0.1, 0.15) is 6.92 Å².